The molecule has 4 aromatic rings. The highest BCUT2D eigenvalue weighted by atomic mass is 35.5. The summed E-state index contributed by atoms with van der Waals surface area (Å²) in [5.74, 6) is 0. The zero-order valence-corrected chi connectivity index (χ0v) is 16.3. The van der Waals surface area contributed by atoms with Gasteiger partial charge in [-0.05, 0) is 35.7 Å². The van der Waals surface area contributed by atoms with Crippen LogP contribution in [0.1, 0.15) is 5.69 Å². The Hall–Kier alpha value is -2.21. The first kappa shape index (κ1) is 17.2. The van der Waals surface area contributed by atoms with Crippen LogP contribution >= 0.6 is 34.3 Å². The third kappa shape index (κ3) is 3.80. The lowest BCUT2D eigenvalue weighted by Gasteiger charge is -2.08. The van der Waals surface area contributed by atoms with Gasteiger partial charge in [0, 0.05) is 30.2 Å². The van der Waals surface area contributed by atoms with Gasteiger partial charge in [-0.25, -0.2) is 4.99 Å². The smallest absolute Gasteiger partial charge is 0.190 e. The van der Waals surface area contributed by atoms with E-state index in [0.29, 0.717) is 5.02 Å². The highest BCUT2D eigenvalue weighted by Crippen LogP contribution is 2.27. The highest BCUT2D eigenvalue weighted by molar-refractivity contribution is 7.14. The van der Waals surface area contributed by atoms with Crippen LogP contribution in [0.4, 0.5) is 5.69 Å². The van der Waals surface area contributed by atoms with Gasteiger partial charge >= 0.3 is 0 Å². The highest BCUT2D eigenvalue weighted by Gasteiger charge is 2.10. The summed E-state index contributed by atoms with van der Waals surface area (Å²) in [5, 5.41) is 4.93. The lowest BCUT2D eigenvalue weighted by Crippen LogP contribution is -2.17. The second-order valence-corrected chi connectivity index (χ2v) is 7.86. The number of aryl methyl sites for hydroxylation is 1. The Labute approximate surface area is 164 Å². The van der Waals surface area contributed by atoms with Gasteiger partial charge in [0.25, 0.3) is 0 Å². The summed E-state index contributed by atoms with van der Waals surface area (Å²) in [7, 11) is 0. The van der Waals surface area contributed by atoms with Gasteiger partial charge in [-0.1, -0.05) is 35.9 Å². The van der Waals surface area contributed by atoms with E-state index in [1.807, 2.05) is 42.6 Å². The molecule has 0 bridgehead atoms. The van der Waals surface area contributed by atoms with Crippen molar-refractivity contribution in [1.29, 1.82) is 0 Å². The topological polar surface area (TPSA) is 30.2 Å². The van der Waals surface area contributed by atoms with Gasteiger partial charge in [0.05, 0.1) is 21.3 Å². The van der Waals surface area contributed by atoms with E-state index in [1.165, 1.54) is 10.6 Å². The number of rotatable bonds is 5. The van der Waals surface area contributed by atoms with E-state index in [-0.39, 0.29) is 0 Å². The van der Waals surface area contributed by atoms with Crippen molar-refractivity contribution in [1.82, 2.24) is 9.55 Å². The quantitative estimate of drug-likeness (QED) is 0.418. The Kier molecular flexibility index (Phi) is 5.29. The molecule has 0 unspecified atom stereocenters. The molecule has 4 rings (SSSR count). The summed E-state index contributed by atoms with van der Waals surface area (Å²) in [6.45, 7) is 0.817. The van der Waals surface area contributed by atoms with E-state index in [1.54, 1.807) is 22.7 Å². The van der Waals surface area contributed by atoms with Crippen LogP contribution in [0.5, 0.6) is 0 Å². The number of pyridine rings is 1. The monoisotopic (exact) mass is 397 g/mol. The number of thiophene rings is 1. The average molecular weight is 398 g/mol. The SMILES string of the molecule is Clc1ccccc1N=c1scc(-c2cccs2)n1CCc1ccccn1. The predicted molar refractivity (Wildman–Crippen MR) is 110 cm³/mol. The Morgan fingerprint density at radius 1 is 1.00 bits per heavy atom. The molecular weight excluding hydrogens is 382 g/mol. The van der Waals surface area contributed by atoms with Gasteiger partial charge in [0.1, 0.15) is 0 Å². The molecule has 3 aromatic heterocycles. The number of hydrogen-bond donors (Lipinski definition) is 0. The third-order valence-corrected chi connectivity index (χ3v) is 6.03. The van der Waals surface area contributed by atoms with Crippen molar-refractivity contribution < 1.29 is 0 Å². The minimum atomic E-state index is 0.662. The molecule has 0 fully saturated rings. The third-order valence-electron chi connectivity index (χ3n) is 3.96. The maximum Gasteiger partial charge on any atom is 0.190 e. The molecule has 0 aliphatic carbocycles. The first-order valence-electron chi connectivity index (χ1n) is 8.22. The van der Waals surface area contributed by atoms with E-state index < -0.39 is 0 Å². The average Bonchev–Trinajstić information content (AvgIpc) is 3.32. The van der Waals surface area contributed by atoms with Crippen LogP contribution in [0.3, 0.4) is 0 Å². The van der Waals surface area contributed by atoms with Gasteiger partial charge in [-0.2, -0.15) is 0 Å². The minimum Gasteiger partial charge on any atom is -0.315 e. The molecule has 0 N–H and O–H groups in total. The van der Waals surface area contributed by atoms with Gasteiger partial charge in [0.2, 0.25) is 0 Å². The lowest BCUT2D eigenvalue weighted by atomic mass is 10.2. The number of para-hydroxylation sites is 1. The van der Waals surface area contributed by atoms with Crippen molar-refractivity contribution in [2.45, 2.75) is 13.0 Å². The van der Waals surface area contributed by atoms with Crippen LogP contribution in [-0.2, 0) is 13.0 Å². The first-order valence-corrected chi connectivity index (χ1v) is 10.4. The largest absolute Gasteiger partial charge is 0.315 e. The molecule has 0 saturated carbocycles. The molecule has 0 aliphatic heterocycles. The van der Waals surface area contributed by atoms with Crippen LogP contribution in [0, 0.1) is 0 Å². The number of aromatic nitrogens is 2. The molecule has 0 aliphatic rings. The Bertz CT molecular complexity index is 1050. The van der Waals surface area contributed by atoms with E-state index in [9.17, 15) is 0 Å². The standard InChI is InChI=1S/C20H16ClN3S2/c21-16-7-1-2-8-17(16)23-20-24(12-10-15-6-3-4-11-22-15)18(14-26-20)19-9-5-13-25-19/h1-9,11,13-14H,10,12H2. The molecule has 0 spiro atoms. The van der Waals surface area contributed by atoms with Gasteiger partial charge < -0.3 is 4.57 Å². The molecule has 0 amide bonds. The van der Waals surface area contributed by atoms with Crippen molar-refractivity contribution in [3.63, 3.8) is 0 Å². The van der Waals surface area contributed by atoms with Crippen molar-refractivity contribution >= 4 is 40.0 Å². The number of nitrogens with zero attached hydrogens (tertiary/aromatic N) is 3. The fourth-order valence-electron chi connectivity index (χ4n) is 2.67. The summed E-state index contributed by atoms with van der Waals surface area (Å²) in [5.41, 5.74) is 3.05. The van der Waals surface area contributed by atoms with E-state index in [2.05, 4.69) is 38.5 Å². The zero-order valence-electron chi connectivity index (χ0n) is 13.9. The summed E-state index contributed by atoms with van der Waals surface area (Å²) in [6.07, 6.45) is 2.69. The molecule has 6 heteroatoms. The maximum absolute atomic E-state index is 6.30. The molecular formula is C20H16ClN3S2. The molecule has 26 heavy (non-hydrogen) atoms. The molecule has 0 saturated heterocycles. The van der Waals surface area contributed by atoms with Crippen LogP contribution in [0.25, 0.3) is 10.6 Å². The number of benzene rings is 1. The van der Waals surface area contributed by atoms with E-state index in [4.69, 9.17) is 16.6 Å². The molecule has 0 atom stereocenters. The van der Waals surface area contributed by atoms with Gasteiger partial charge in [-0.3, -0.25) is 4.98 Å². The normalized spacial score (nSPS) is 11.8. The summed E-state index contributed by atoms with van der Waals surface area (Å²) in [4.78, 5) is 11.4. The van der Waals surface area contributed by atoms with Gasteiger partial charge in [0.15, 0.2) is 4.80 Å². The van der Waals surface area contributed by atoms with E-state index >= 15 is 0 Å². The van der Waals surface area contributed by atoms with Crippen LogP contribution < -0.4 is 4.80 Å². The van der Waals surface area contributed by atoms with Crippen LogP contribution in [0.15, 0.2) is 76.5 Å². The summed E-state index contributed by atoms with van der Waals surface area (Å²) < 4.78 is 2.26. The Morgan fingerprint density at radius 2 is 1.88 bits per heavy atom. The Balaban J connectivity index is 1.76. The van der Waals surface area contributed by atoms with Crippen LogP contribution in [-0.4, -0.2) is 9.55 Å². The summed E-state index contributed by atoms with van der Waals surface area (Å²) >= 11 is 9.67. The number of hydrogen-bond acceptors (Lipinski definition) is 4. The minimum absolute atomic E-state index is 0.662. The molecule has 0 radical (unpaired) electrons. The second-order valence-electron chi connectivity index (χ2n) is 5.67. The van der Waals surface area contributed by atoms with E-state index in [0.717, 1.165) is 29.1 Å². The van der Waals surface area contributed by atoms with Crippen molar-refractivity contribution in [2.24, 2.45) is 4.99 Å². The fourth-order valence-corrected chi connectivity index (χ4v) is 4.62. The van der Waals surface area contributed by atoms with Crippen LogP contribution in [0.2, 0.25) is 5.02 Å². The van der Waals surface area contributed by atoms with Crippen molar-refractivity contribution in [3.8, 4) is 10.6 Å². The molecule has 3 heterocycles. The first-order chi connectivity index (χ1) is 12.8. The molecule has 1 aromatic carbocycles. The van der Waals surface area contributed by atoms with Gasteiger partial charge in [-0.15, -0.1) is 22.7 Å². The van der Waals surface area contributed by atoms with Crippen molar-refractivity contribution in [3.05, 3.63) is 87.1 Å². The number of thiazole rings is 1. The molecule has 3 nitrogen and oxygen atoms in total. The Morgan fingerprint density at radius 3 is 2.65 bits per heavy atom. The molecule has 130 valence electrons. The lowest BCUT2D eigenvalue weighted by molar-refractivity contribution is 0.675. The maximum atomic E-state index is 6.30. The number of halogens is 1. The van der Waals surface area contributed by atoms with Crippen molar-refractivity contribution in [2.75, 3.05) is 0 Å². The predicted octanol–water partition coefficient (Wildman–Crippen LogP) is 5.80. The summed E-state index contributed by atoms with van der Waals surface area (Å²) in [6, 6.07) is 17.9. The second kappa shape index (κ2) is 7.99. The zero-order chi connectivity index (χ0) is 17.8. The fraction of sp³-hybridized carbons (Fsp3) is 0.100.